The van der Waals surface area contributed by atoms with E-state index in [9.17, 15) is 14.7 Å². The lowest BCUT2D eigenvalue weighted by atomic mass is 9.99. The van der Waals surface area contributed by atoms with Gasteiger partial charge in [-0.15, -0.1) is 0 Å². The number of rotatable bonds is 3. The molecule has 25 heavy (non-hydrogen) atoms. The number of aliphatic carboxylic acids is 1. The highest BCUT2D eigenvalue weighted by Crippen LogP contribution is 2.28. The van der Waals surface area contributed by atoms with Crippen molar-refractivity contribution in [1.29, 1.82) is 0 Å². The zero-order valence-corrected chi connectivity index (χ0v) is 14.6. The molecule has 6 nitrogen and oxygen atoms in total. The second kappa shape index (κ2) is 8.23. The number of carboxylic acid groups (broad SMARTS) is 1. The van der Waals surface area contributed by atoms with Crippen molar-refractivity contribution < 1.29 is 14.7 Å². The van der Waals surface area contributed by atoms with Crippen LogP contribution in [0.15, 0.2) is 24.3 Å². The van der Waals surface area contributed by atoms with Crippen molar-refractivity contribution in [1.82, 2.24) is 4.90 Å². The standard InChI is InChI=1S/C19H27N3O3/c23-18(24)15-8-7-13-22(14-15)19(25)20-16-9-3-4-10-17(16)21-11-5-1-2-6-12-21/h3-4,9-10,15H,1-2,5-8,11-14H2,(H,20,25)(H,23,24). The molecule has 2 heterocycles. The van der Waals surface area contributed by atoms with Gasteiger partial charge in [0, 0.05) is 26.2 Å². The molecule has 0 radical (unpaired) electrons. The molecule has 2 fully saturated rings. The maximum atomic E-state index is 12.6. The van der Waals surface area contributed by atoms with Gasteiger partial charge in [-0.1, -0.05) is 25.0 Å². The van der Waals surface area contributed by atoms with Crippen LogP contribution < -0.4 is 10.2 Å². The third kappa shape index (κ3) is 4.44. The van der Waals surface area contributed by atoms with Crippen LogP contribution in [-0.4, -0.2) is 48.2 Å². The first-order valence-electron chi connectivity index (χ1n) is 9.28. The summed E-state index contributed by atoms with van der Waals surface area (Å²) in [4.78, 5) is 27.8. The molecule has 2 N–H and O–H groups in total. The highest BCUT2D eigenvalue weighted by Gasteiger charge is 2.28. The van der Waals surface area contributed by atoms with E-state index in [1.54, 1.807) is 4.90 Å². The van der Waals surface area contributed by atoms with Crippen molar-refractivity contribution in [3.05, 3.63) is 24.3 Å². The summed E-state index contributed by atoms with van der Waals surface area (Å²) < 4.78 is 0. The smallest absolute Gasteiger partial charge is 0.321 e. The Hall–Kier alpha value is -2.24. The van der Waals surface area contributed by atoms with Crippen molar-refractivity contribution >= 4 is 23.4 Å². The minimum atomic E-state index is -0.817. The average molecular weight is 345 g/mol. The fourth-order valence-corrected chi connectivity index (χ4v) is 3.72. The summed E-state index contributed by atoms with van der Waals surface area (Å²) in [6.07, 6.45) is 6.25. The van der Waals surface area contributed by atoms with E-state index in [-0.39, 0.29) is 12.6 Å². The summed E-state index contributed by atoms with van der Waals surface area (Å²) in [5.74, 6) is -1.28. The molecule has 6 heteroatoms. The second-order valence-corrected chi connectivity index (χ2v) is 6.97. The molecule has 0 saturated carbocycles. The van der Waals surface area contributed by atoms with Gasteiger partial charge in [0.25, 0.3) is 0 Å². The Labute approximate surface area is 148 Å². The Morgan fingerprint density at radius 3 is 2.44 bits per heavy atom. The summed E-state index contributed by atoms with van der Waals surface area (Å²) in [5, 5.41) is 12.2. The highest BCUT2D eigenvalue weighted by atomic mass is 16.4. The van der Waals surface area contributed by atoms with E-state index >= 15 is 0 Å². The van der Waals surface area contributed by atoms with Crippen LogP contribution in [0.4, 0.5) is 16.2 Å². The summed E-state index contributed by atoms with van der Waals surface area (Å²) in [6, 6.07) is 7.70. The number of para-hydroxylation sites is 2. The Kier molecular flexibility index (Phi) is 5.79. The van der Waals surface area contributed by atoms with Crippen LogP contribution in [-0.2, 0) is 4.79 Å². The van der Waals surface area contributed by atoms with Gasteiger partial charge in [-0.25, -0.2) is 4.79 Å². The number of hydrogen-bond donors (Lipinski definition) is 2. The largest absolute Gasteiger partial charge is 0.481 e. The molecule has 2 amide bonds. The third-order valence-electron chi connectivity index (χ3n) is 5.15. The van der Waals surface area contributed by atoms with Crippen molar-refractivity contribution in [3.8, 4) is 0 Å². The number of hydrogen-bond acceptors (Lipinski definition) is 3. The Morgan fingerprint density at radius 2 is 1.72 bits per heavy atom. The average Bonchev–Trinajstić information content (AvgIpc) is 2.91. The number of nitrogens with zero attached hydrogens (tertiary/aromatic N) is 2. The number of likely N-dealkylation sites (tertiary alicyclic amines) is 1. The quantitative estimate of drug-likeness (QED) is 0.881. The normalized spacial score (nSPS) is 21.5. The number of amides is 2. The van der Waals surface area contributed by atoms with Crippen molar-refractivity contribution in [3.63, 3.8) is 0 Å². The predicted octanol–water partition coefficient (Wildman–Crippen LogP) is 3.40. The molecule has 0 spiro atoms. The molecule has 2 saturated heterocycles. The predicted molar refractivity (Wildman–Crippen MR) is 98.1 cm³/mol. The van der Waals surface area contributed by atoms with Gasteiger partial charge in [0.2, 0.25) is 0 Å². The topological polar surface area (TPSA) is 72.9 Å². The first-order chi connectivity index (χ1) is 12.1. The van der Waals surface area contributed by atoms with Gasteiger partial charge < -0.3 is 20.2 Å². The molecule has 2 aliphatic rings. The number of nitrogens with one attached hydrogen (secondary N) is 1. The summed E-state index contributed by atoms with van der Waals surface area (Å²) >= 11 is 0. The third-order valence-corrected chi connectivity index (χ3v) is 5.15. The summed E-state index contributed by atoms with van der Waals surface area (Å²) in [7, 11) is 0. The van der Waals surface area contributed by atoms with Gasteiger partial charge >= 0.3 is 12.0 Å². The first kappa shape index (κ1) is 17.6. The Bertz CT molecular complexity index is 612. The minimum Gasteiger partial charge on any atom is -0.481 e. The number of anilines is 2. The first-order valence-corrected chi connectivity index (χ1v) is 9.28. The van der Waals surface area contributed by atoms with E-state index in [1.807, 2.05) is 18.2 Å². The lowest BCUT2D eigenvalue weighted by molar-refractivity contribution is -0.143. The molecule has 1 atom stereocenters. The molecule has 0 aliphatic carbocycles. The molecular weight excluding hydrogens is 318 g/mol. The molecule has 1 aromatic carbocycles. The SMILES string of the molecule is O=C(O)C1CCCN(C(=O)Nc2ccccc2N2CCCCCC2)C1. The number of piperidine rings is 1. The van der Waals surface area contributed by atoms with E-state index in [0.29, 0.717) is 13.0 Å². The van der Waals surface area contributed by atoms with Gasteiger partial charge in [-0.3, -0.25) is 4.79 Å². The molecule has 1 unspecified atom stereocenters. The van der Waals surface area contributed by atoms with Crippen LogP contribution in [0.2, 0.25) is 0 Å². The zero-order valence-electron chi connectivity index (χ0n) is 14.6. The molecule has 1 aromatic rings. The van der Waals surface area contributed by atoms with Gasteiger partial charge in [0.1, 0.15) is 0 Å². The number of benzene rings is 1. The lowest BCUT2D eigenvalue weighted by Crippen LogP contribution is -2.44. The van der Waals surface area contributed by atoms with Crippen LogP contribution >= 0.6 is 0 Å². The van der Waals surface area contributed by atoms with Gasteiger partial charge in [-0.2, -0.15) is 0 Å². The van der Waals surface area contributed by atoms with Crippen LogP contribution in [0.3, 0.4) is 0 Å². The van der Waals surface area contributed by atoms with E-state index in [4.69, 9.17) is 0 Å². The summed E-state index contributed by atoms with van der Waals surface area (Å²) in [6.45, 7) is 2.92. The lowest BCUT2D eigenvalue weighted by Gasteiger charge is -2.31. The number of urea groups is 1. The molecule has 2 aliphatic heterocycles. The number of carbonyl (C=O) groups is 2. The van der Waals surface area contributed by atoms with Crippen molar-refractivity contribution in [2.45, 2.75) is 38.5 Å². The van der Waals surface area contributed by atoms with Crippen LogP contribution in [0.5, 0.6) is 0 Å². The maximum Gasteiger partial charge on any atom is 0.321 e. The van der Waals surface area contributed by atoms with E-state index in [0.717, 1.165) is 30.9 Å². The second-order valence-electron chi connectivity index (χ2n) is 6.97. The zero-order chi connectivity index (χ0) is 17.6. The number of carboxylic acids is 1. The summed E-state index contributed by atoms with van der Waals surface area (Å²) in [5.41, 5.74) is 1.87. The van der Waals surface area contributed by atoms with Crippen molar-refractivity contribution in [2.24, 2.45) is 5.92 Å². The van der Waals surface area contributed by atoms with E-state index in [2.05, 4.69) is 16.3 Å². The monoisotopic (exact) mass is 345 g/mol. The Morgan fingerprint density at radius 1 is 1.00 bits per heavy atom. The van der Waals surface area contributed by atoms with Gasteiger partial charge in [-0.05, 0) is 37.8 Å². The molecule has 0 bridgehead atoms. The minimum absolute atomic E-state index is 0.201. The van der Waals surface area contributed by atoms with E-state index in [1.165, 1.54) is 25.7 Å². The molecule has 136 valence electrons. The highest BCUT2D eigenvalue weighted by molar-refractivity contribution is 5.93. The van der Waals surface area contributed by atoms with Crippen molar-refractivity contribution in [2.75, 3.05) is 36.4 Å². The Balaban J connectivity index is 1.69. The molecular formula is C19H27N3O3. The van der Waals surface area contributed by atoms with Gasteiger partial charge in [0.15, 0.2) is 0 Å². The fourth-order valence-electron chi connectivity index (χ4n) is 3.72. The van der Waals surface area contributed by atoms with Crippen LogP contribution in [0.25, 0.3) is 0 Å². The van der Waals surface area contributed by atoms with Crippen LogP contribution in [0.1, 0.15) is 38.5 Å². The van der Waals surface area contributed by atoms with E-state index < -0.39 is 11.9 Å². The molecule has 3 rings (SSSR count). The van der Waals surface area contributed by atoms with Crippen LogP contribution in [0, 0.1) is 5.92 Å². The van der Waals surface area contributed by atoms with Gasteiger partial charge in [0.05, 0.1) is 17.3 Å². The maximum absolute atomic E-state index is 12.6. The number of carbonyl (C=O) groups excluding carboxylic acids is 1. The molecule has 0 aromatic heterocycles. The fraction of sp³-hybridized carbons (Fsp3) is 0.579.